The molecule has 0 heterocycles. The Labute approximate surface area is 217 Å². The standard InChI is InChI=1S/C27H38N2O8/c1-17(10-6-7-15-35-4)26(33)29-22-16-24(31)18(2)21(25(22)32)13-8-11-20(36-5)12-9-14-23(30)19(3)37-27(28)34/h6-7,10,14,16,19-20,30H,8-9,11-13,15H2,1-5H3,(H2,28,34)(H,29,33)/b7-6-,17-10+,23-14-. The third-order valence-electron chi connectivity index (χ3n) is 5.81. The van der Waals surface area contributed by atoms with Crippen LogP contribution in [0.3, 0.4) is 0 Å². The molecule has 0 aromatic heterocycles. The van der Waals surface area contributed by atoms with E-state index in [-0.39, 0.29) is 29.1 Å². The molecule has 1 rings (SSSR count). The van der Waals surface area contributed by atoms with Crippen molar-refractivity contribution in [2.75, 3.05) is 20.8 Å². The summed E-state index contributed by atoms with van der Waals surface area (Å²) in [5.41, 5.74) is 6.01. The quantitative estimate of drug-likeness (QED) is 0.129. The Morgan fingerprint density at radius 3 is 2.54 bits per heavy atom. The molecular formula is C27H38N2O8. The van der Waals surface area contributed by atoms with Crippen molar-refractivity contribution in [1.29, 1.82) is 0 Å². The summed E-state index contributed by atoms with van der Waals surface area (Å²) in [4.78, 5) is 48.7. The summed E-state index contributed by atoms with van der Waals surface area (Å²) < 4.78 is 15.1. The van der Waals surface area contributed by atoms with Crippen LogP contribution >= 0.6 is 0 Å². The molecule has 0 saturated heterocycles. The average molecular weight is 519 g/mol. The highest BCUT2D eigenvalue weighted by molar-refractivity contribution is 6.23. The lowest BCUT2D eigenvalue weighted by molar-refractivity contribution is -0.120. The van der Waals surface area contributed by atoms with Crippen LogP contribution in [-0.4, -0.2) is 61.7 Å². The molecule has 2 unspecified atom stereocenters. The number of allylic oxidation sites excluding steroid dienone is 6. The second-order valence-corrected chi connectivity index (χ2v) is 8.58. The first kappa shape index (κ1) is 31.5. The molecule has 0 spiro atoms. The summed E-state index contributed by atoms with van der Waals surface area (Å²) in [6.45, 7) is 5.12. The topological polar surface area (TPSA) is 154 Å². The van der Waals surface area contributed by atoms with Gasteiger partial charge in [-0.2, -0.15) is 0 Å². The van der Waals surface area contributed by atoms with E-state index in [2.05, 4.69) is 5.32 Å². The molecule has 1 aliphatic rings. The fourth-order valence-electron chi connectivity index (χ4n) is 3.55. The molecule has 0 aliphatic heterocycles. The van der Waals surface area contributed by atoms with Crippen LogP contribution in [0, 0.1) is 0 Å². The Morgan fingerprint density at radius 2 is 1.92 bits per heavy atom. The highest BCUT2D eigenvalue weighted by Gasteiger charge is 2.27. The van der Waals surface area contributed by atoms with E-state index in [0.29, 0.717) is 55.4 Å². The summed E-state index contributed by atoms with van der Waals surface area (Å²) in [6, 6.07) is 0. The van der Waals surface area contributed by atoms with Crippen molar-refractivity contribution in [3.63, 3.8) is 0 Å². The molecule has 10 heteroatoms. The molecule has 10 nitrogen and oxygen atoms in total. The number of hydrogen-bond donors (Lipinski definition) is 3. The third kappa shape index (κ3) is 11.0. The number of nitrogens with two attached hydrogens (primary N) is 1. The highest BCUT2D eigenvalue weighted by atomic mass is 16.6. The number of primary amides is 1. The van der Waals surface area contributed by atoms with Gasteiger partial charge in [0.2, 0.25) is 5.78 Å². The number of methoxy groups -OCH3 is 2. The molecule has 1 aliphatic carbocycles. The number of hydrogen-bond acceptors (Lipinski definition) is 8. The third-order valence-corrected chi connectivity index (χ3v) is 5.81. The Hall–Kier alpha value is -3.50. The van der Waals surface area contributed by atoms with Gasteiger partial charge in [0.25, 0.3) is 5.91 Å². The fourth-order valence-corrected chi connectivity index (χ4v) is 3.55. The number of ketones is 2. The van der Waals surface area contributed by atoms with Crippen molar-refractivity contribution in [2.45, 2.75) is 65.1 Å². The first-order valence-electron chi connectivity index (χ1n) is 12.0. The van der Waals surface area contributed by atoms with E-state index < -0.39 is 18.1 Å². The van der Waals surface area contributed by atoms with Crippen molar-refractivity contribution in [2.24, 2.45) is 5.73 Å². The monoisotopic (exact) mass is 518 g/mol. The molecule has 2 amide bonds. The lowest BCUT2D eigenvalue weighted by Gasteiger charge is -2.19. The molecule has 204 valence electrons. The maximum Gasteiger partial charge on any atom is 0.405 e. The molecule has 0 aromatic carbocycles. The smallest absolute Gasteiger partial charge is 0.405 e. The Morgan fingerprint density at radius 1 is 1.22 bits per heavy atom. The largest absolute Gasteiger partial charge is 0.509 e. The van der Waals surface area contributed by atoms with Crippen LogP contribution in [0.1, 0.15) is 52.9 Å². The second-order valence-electron chi connectivity index (χ2n) is 8.58. The number of aliphatic hydroxyl groups excluding tert-OH is 1. The number of ether oxygens (including phenoxy) is 3. The maximum absolute atomic E-state index is 13.0. The van der Waals surface area contributed by atoms with Gasteiger partial charge in [0.05, 0.1) is 18.4 Å². The van der Waals surface area contributed by atoms with Crippen molar-refractivity contribution in [3.8, 4) is 0 Å². The van der Waals surface area contributed by atoms with Crippen molar-refractivity contribution < 1.29 is 38.5 Å². The predicted octanol–water partition coefficient (Wildman–Crippen LogP) is 3.49. The van der Waals surface area contributed by atoms with Gasteiger partial charge >= 0.3 is 6.09 Å². The zero-order valence-electron chi connectivity index (χ0n) is 22.2. The summed E-state index contributed by atoms with van der Waals surface area (Å²) in [6.07, 6.45) is 8.34. The molecular weight excluding hydrogens is 480 g/mol. The number of carbonyl (C=O) groups excluding carboxylic acids is 4. The van der Waals surface area contributed by atoms with E-state index in [1.165, 1.54) is 6.92 Å². The molecule has 0 fully saturated rings. The first-order valence-corrected chi connectivity index (χ1v) is 12.0. The van der Waals surface area contributed by atoms with Crippen molar-refractivity contribution >= 4 is 23.6 Å². The van der Waals surface area contributed by atoms with Gasteiger partial charge in [0.15, 0.2) is 11.9 Å². The summed E-state index contributed by atoms with van der Waals surface area (Å²) >= 11 is 0. The van der Waals surface area contributed by atoms with Crippen LogP contribution in [0.15, 0.2) is 58.6 Å². The molecule has 37 heavy (non-hydrogen) atoms. The van der Waals surface area contributed by atoms with Crippen LogP contribution in [0.25, 0.3) is 0 Å². The molecule has 4 N–H and O–H groups in total. The second kappa shape index (κ2) is 16.3. The Balaban J connectivity index is 2.69. The van der Waals surface area contributed by atoms with Gasteiger partial charge in [-0.15, -0.1) is 0 Å². The molecule has 0 radical (unpaired) electrons. The van der Waals surface area contributed by atoms with E-state index in [4.69, 9.17) is 19.9 Å². The van der Waals surface area contributed by atoms with Gasteiger partial charge in [-0.25, -0.2) is 4.79 Å². The number of nitrogens with one attached hydrogen (secondary N) is 1. The normalized spacial score (nSPS) is 16.6. The maximum atomic E-state index is 13.0. The van der Waals surface area contributed by atoms with Crippen LogP contribution in [0.2, 0.25) is 0 Å². The fraction of sp³-hybridized carbons (Fsp3) is 0.481. The van der Waals surface area contributed by atoms with Gasteiger partial charge < -0.3 is 30.4 Å². The number of aliphatic hydroxyl groups is 1. The Bertz CT molecular complexity index is 1000. The van der Waals surface area contributed by atoms with Gasteiger partial charge in [0, 0.05) is 37.0 Å². The minimum absolute atomic E-state index is 0.0413. The van der Waals surface area contributed by atoms with E-state index in [1.54, 1.807) is 52.4 Å². The number of rotatable bonds is 15. The van der Waals surface area contributed by atoms with Crippen LogP contribution in [-0.2, 0) is 28.6 Å². The van der Waals surface area contributed by atoms with Gasteiger partial charge in [0.1, 0.15) is 5.76 Å². The van der Waals surface area contributed by atoms with Crippen LogP contribution in [0.5, 0.6) is 0 Å². The van der Waals surface area contributed by atoms with E-state index in [1.807, 2.05) is 0 Å². The summed E-state index contributed by atoms with van der Waals surface area (Å²) in [5, 5.41) is 12.5. The minimum atomic E-state index is -0.971. The number of carbonyl (C=O) groups is 4. The summed E-state index contributed by atoms with van der Waals surface area (Å²) in [5.74, 6) is -1.26. The van der Waals surface area contributed by atoms with Gasteiger partial charge in [-0.05, 0) is 59.0 Å². The zero-order valence-corrected chi connectivity index (χ0v) is 22.2. The van der Waals surface area contributed by atoms with E-state index >= 15 is 0 Å². The lowest BCUT2D eigenvalue weighted by Crippen LogP contribution is -2.32. The summed E-state index contributed by atoms with van der Waals surface area (Å²) in [7, 11) is 3.13. The average Bonchev–Trinajstić information content (AvgIpc) is 2.85. The molecule has 0 aromatic rings. The molecule has 2 atom stereocenters. The molecule has 0 bridgehead atoms. The lowest BCUT2D eigenvalue weighted by atomic mass is 9.89. The van der Waals surface area contributed by atoms with Crippen LogP contribution in [0.4, 0.5) is 4.79 Å². The Kier molecular flexibility index (Phi) is 13.9. The van der Waals surface area contributed by atoms with Gasteiger partial charge in [-0.1, -0.05) is 18.2 Å². The van der Waals surface area contributed by atoms with Crippen molar-refractivity contribution in [1.82, 2.24) is 5.32 Å². The van der Waals surface area contributed by atoms with Crippen molar-refractivity contribution in [3.05, 3.63) is 58.6 Å². The zero-order chi connectivity index (χ0) is 28.0. The number of amides is 2. The van der Waals surface area contributed by atoms with Gasteiger partial charge in [-0.3, -0.25) is 14.4 Å². The van der Waals surface area contributed by atoms with E-state index in [0.717, 1.165) is 6.08 Å². The number of Topliss-reactive ketones (excluding diaryl/α,β-unsaturated/α-hetero) is 1. The first-order chi connectivity index (χ1) is 17.5. The predicted molar refractivity (Wildman–Crippen MR) is 138 cm³/mol. The SMILES string of the molecule is COC/C=C\C=C(/C)C(=O)NC1=CC(=O)C(C)=C(CCCC(CC/C=C(\O)C(C)OC(N)=O)OC)C1=O. The van der Waals surface area contributed by atoms with Crippen LogP contribution < -0.4 is 11.1 Å². The minimum Gasteiger partial charge on any atom is -0.509 e. The van der Waals surface area contributed by atoms with E-state index in [9.17, 15) is 24.3 Å². The molecule has 0 saturated carbocycles. The highest BCUT2D eigenvalue weighted by Crippen LogP contribution is 2.24.